The van der Waals surface area contributed by atoms with Gasteiger partial charge >= 0.3 is 5.97 Å². The SMILES string of the molecule is Cc1ccc(N(CCCN2CC3CN(C(=O)c4c(C)cccc4C)CC3C2)C(=O)[C@H]2CCC[C@@H](C(=O)O)C2)cc1Cl. The molecule has 2 saturated heterocycles. The first-order valence-electron chi connectivity index (χ1n) is 15.0. The van der Waals surface area contributed by atoms with Crippen molar-refractivity contribution in [1.82, 2.24) is 9.80 Å². The van der Waals surface area contributed by atoms with Gasteiger partial charge in [0.15, 0.2) is 0 Å². The van der Waals surface area contributed by atoms with E-state index in [9.17, 15) is 19.5 Å². The molecule has 7 nitrogen and oxygen atoms in total. The number of anilines is 1. The number of halogens is 1. The first kappa shape index (κ1) is 29.6. The van der Waals surface area contributed by atoms with Gasteiger partial charge in [-0.05, 0) is 93.7 Å². The molecular formula is C33H42ClN3O4. The summed E-state index contributed by atoms with van der Waals surface area (Å²) in [6, 6.07) is 11.8. The average molecular weight is 580 g/mol. The largest absolute Gasteiger partial charge is 0.481 e. The number of carbonyl (C=O) groups is 3. The predicted molar refractivity (Wildman–Crippen MR) is 161 cm³/mol. The van der Waals surface area contributed by atoms with Gasteiger partial charge in [0.05, 0.1) is 5.92 Å². The second kappa shape index (κ2) is 12.5. The lowest BCUT2D eigenvalue weighted by atomic mass is 9.80. The molecule has 1 saturated carbocycles. The third kappa shape index (κ3) is 6.46. The summed E-state index contributed by atoms with van der Waals surface area (Å²) in [6.07, 6.45) is 3.34. The minimum atomic E-state index is -0.804. The first-order chi connectivity index (χ1) is 19.6. The van der Waals surface area contributed by atoms with E-state index in [0.29, 0.717) is 36.2 Å². The molecular weight excluding hydrogens is 538 g/mol. The number of aryl methyl sites for hydroxylation is 3. The highest BCUT2D eigenvalue weighted by atomic mass is 35.5. The first-order valence-corrected chi connectivity index (χ1v) is 15.4. The molecule has 41 heavy (non-hydrogen) atoms. The normalized spacial score (nSPS) is 24.3. The smallest absolute Gasteiger partial charge is 0.306 e. The maximum absolute atomic E-state index is 13.8. The number of likely N-dealkylation sites (tertiary alicyclic amines) is 2. The van der Waals surface area contributed by atoms with Crippen molar-refractivity contribution in [2.75, 3.05) is 44.2 Å². The van der Waals surface area contributed by atoms with E-state index in [4.69, 9.17) is 11.6 Å². The molecule has 2 aromatic rings. The summed E-state index contributed by atoms with van der Waals surface area (Å²) < 4.78 is 0. The topological polar surface area (TPSA) is 81.2 Å². The van der Waals surface area contributed by atoms with Gasteiger partial charge in [0.1, 0.15) is 0 Å². The van der Waals surface area contributed by atoms with Crippen LogP contribution in [0.3, 0.4) is 0 Å². The molecule has 1 aliphatic carbocycles. The second-order valence-electron chi connectivity index (χ2n) is 12.4. The summed E-state index contributed by atoms with van der Waals surface area (Å²) in [7, 11) is 0. The number of benzene rings is 2. The second-order valence-corrected chi connectivity index (χ2v) is 12.8. The van der Waals surface area contributed by atoms with E-state index in [1.807, 2.05) is 67.0 Å². The number of amides is 2. The van der Waals surface area contributed by atoms with Crippen LogP contribution in [0.1, 0.15) is 59.2 Å². The molecule has 2 unspecified atom stereocenters. The van der Waals surface area contributed by atoms with Crippen LogP contribution >= 0.6 is 11.6 Å². The average Bonchev–Trinajstić information content (AvgIpc) is 3.51. The summed E-state index contributed by atoms with van der Waals surface area (Å²) in [4.78, 5) is 45.1. The van der Waals surface area contributed by atoms with Gasteiger partial charge in [-0.15, -0.1) is 0 Å². The lowest BCUT2D eigenvalue weighted by Gasteiger charge is -2.32. The van der Waals surface area contributed by atoms with Gasteiger partial charge in [-0.3, -0.25) is 14.4 Å². The maximum Gasteiger partial charge on any atom is 0.306 e. The number of nitrogens with zero attached hydrogens (tertiary/aromatic N) is 3. The third-order valence-corrected chi connectivity index (χ3v) is 9.91. The minimum Gasteiger partial charge on any atom is -0.481 e. The zero-order valence-corrected chi connectivity index (χ0v) is 25.2. The Kier molecular flexibility index (Phi) is 9.05. The van der Waals surface area contributed by atoms with Crippen molar-refractivity contribution >= 4 is 35.1 Å². The van der Waals surface area contributed by atoms with E-state index in [1.54, 1.807) is 0 Å². The lowest BCUT2D eigenvalue weighted by Crippen LogP contribution is -2.41. The van der Waals surface area contributed by atoms with Crippen molar-refractivity contribution in [2.24, 2.45) is 23.7 Å². The Hall–Kier alpha value is -2.90. The number of carboxylic acids is 1. The number of carbonyl (C=O) groups excluding carboxylic acids is 2. The molecule has 220 valence electrons. The molecule has 2 aliphatic heterocycles. The van der Waals surface area contributed by atoms with Crippen LogP contribution in [0, 0.1) is 44.4 Å². The van der Waals surface area contributed by atoms with Gasteiger partial charge in [0.2, 0.25) is 5.91 Å². The van der Waals surface area contributed by atoms with Gasteiger partial charge in [-0.25, -0.2) is 0 Å². The van der Waals surface area contributed by atoms with Crippen molar-refractivity contribution in [3.8, 4) is 0 Å². The van der Waals surface area contributed by atoms with Crippen molar-refractivity contribution in [2.45, 2.75) is 52.9 Å². The highest BCUT2D eigenvalue weighted by molar-refractivity contribution is 6.31. The number of aliphatic carboxylic acids is 1. The van der Waals surface area contributed by atoms with E-state index in [0.717, 1.165) is 79.9 Å². The fourth-order valence-corrected chi connectivity index (χ4v) is 7.35. The Labute approximate surface area is 248 Å². The quantitative estimate of drug-likeness (QED) is 0.441. The molecule has 3 fully saturated rings. The lowest BCUT2D eigenvalue weighted by molar-refractivity contribution is -0.143. The molecule has 1 N–H and O–H groups in total. The molecule has 3 aliphatic rings. The third-order valence-electron chi connectivity index (χ3n) is 9.51. The van der Waals surface area contributed by atoms with Gasteiger partial charge in [0.25, 0.3) is 5.91 Å². The highest BCUT2D eigenvalue weighted by Gasteiger charge is 2.42. The van der Waals surface area contributed by atoms with Crippen LogP contribution in [-0.4, -0.2) is 72.0 Å². The van der Waals surface area contributed by atoms with Crippen LogP contribution in [0.15, 0.2) is 36.4 Å². The predicted octanol–water partition coefficient (Wildman–Crippen LogP) is 5.58. The molecule has 2 amide bonds. The van der Waals surface area contributed by atoms with Crippen LogP contribution < -0.4 is 4.90 Å². The Morgan fingerprint density at radius 3 is 2.22 bits per heavy atom. The molecule has 0 aromatic heterocycles. The molecule has 0 spiro atoms. The zero-order valence-electron chi connectivity index (χ0n) is 24.4. The molecule has 8 heteroatoms. The molecule has 2 heterocycles. The van der Waals surface area contributed by atoms with E-state index < -0.39 is 11.9 Å². The molecule has 2 aromatic carbocycles. The van der Waals surface area contributed by atoms with Gasteiger partial charge in [0, 0.05) is 54.9 Å². The molecule has 5 rings (SSSR count). The summed E-state index contributed by atoms with van der Waals surface area (Å²) >= 11 is 6.44. The van der Waals surface area contributed by atoms with Crippen LogP contribution in [0.4, 0.5) is 5.69 Å². The standard InChI is InChI=1S/C33H42ClN3O4/c1-21-11-12-28(16-29(21)34)37(31(38)24-9-5-10-25(15-24)33(40)41)14-6-13-35-17-26-19-36(20-27(26)18-35)32(39)30-22(2)7-4-8-23(30)3/h4,7-8,11-12,16,24-27H,5-6,9-10,13-15,17-20H2,1-3H3,(H,40,41)/t24-,25+,26?,27?/m0/s1. The van der Waals surface area contributed by atoms with Crippen molar-refractivity contribution in [3.63, 3.8) is 0 Å². The van der Waals surface area contributed by atoms with Crippen LogP contribution in [-0.2, 0) is 9.59 Å². The Bertz CT molecular complexity index is 1280. The Morgan fingerprint density at radius 2 is 1.59 bits per heavy atom. The highest BCUT2D eigenvalue weighted by Crippen LogP contribution is 2.35. The van der Waals surface area contributed by atoms with Crippen LogP contribution in [0.2, 0.25) is 5.02 Å². The van der Waals surface area contributed by atoms with Gasteiger partial charge in [-0.1, -0.05) is 42.3 Å². The monoisotopic (exact) mass is 579 g/mol. The van der Waals surface area contributed by atoms with Crippen molar-refractivity contribution in [3.05, 3.63) is 63.7 Å². The molecule has 4 atom stereocenters. The summed E-state index contributed by atoms with van der Waals surface area (Å²) in [5.74, 6) is -0.418. The minimum absolute atomic E-state index is 0.00909. The van der Waals surface area contributed by atoms with Crippen LogP contribution in [0.5, 0.6) is 0 Å². The number of fused-ring (bicyclic) bond motifs is 1. The van der Waals surface area contributed by atoms with Gasteiger partial charge < -0.3 is 19.8 Å². The van der Waals surface area contributed by atoms with Crippen LogP contribution in [0.25, 0.3) is 0 Å². The van der Waals surface area contributed by atoms with E-state index >= 15 is 0 Å². The van der Waals surface area contributed by atoms with E-state index in [1.165, 1.54) is 0 Å². The van der Waals surface area contributed by atoms with E-state index in [2.05, 4.69) is 4.90 Å². The Balaban J connectivity index is 1.19. The Morgan fingerprint density at radius 1 is 0.927 bits per heavy atom. The summed E-state index contributed by atoms with van der Waals surface area (Å²) in [5, 5.41) is 10.2. The molecule has 0 radical (unpaired) electrons. The number of carboxylic acid groups (broad SMARTS) is 1. The fraction of sp³-hybridized carbons (Fsp3) is 0.545. The molecule has 0 bridgehead atoms. The number of hydrogen-bond acceptors (Lipinski definition) is 4. The fourth-order valence-electron chi connectivity index (χ4n) is 7.18. The van der Waals surface area contributed by atoms with Crippen molar-refractivity contribution < 1.29 is 19.5 Å². The maximum atomic E-state index is 13.8. The summed E-state index contributed by atoms with van der Waals surface area (Å²) in [6.45, 7) is 10.9. The van der Waals surface area contributed by atoms with E-state index in [-0.39, 0.29) is 17.7 Å². The number of rotatable bonds is 8. The summed E-state index contributed by atoms with van der Waals surface area (Å²) in [5.41, 5.74) is 4.66. The zero-order chi connectivity index (χ0) is 29.3. The van der Waals surface area contributed by atoms with Crippen molar-refractivity contribution in [1.29, 1.82) is 0 Å². The number of hydrogen-bond donors (Lipinski definition) is 1. The van der Waals surface area contributed by atoms with Gasteiger partial charge in [-0.2, -0.15) is 0 Å².